The zero-order chi connectivity index (χ0) is 28.4. The first-order valence-electron chi connectivity index (χ1n) is 11.8. The third-order valence-corrected chi connectivity index (χ3v) is 6.08. The molecular weight excluding hydrogens is 520 g/mol. The van der Waals surface area contributed by atoms with E-state index in [9.17, 15) is 13.6 Å². The maximum Gasteiger partial charge on any atom is 0.414 e. The topological polar surface area (TPSA) is 162 Å². The Hall–Kier alpha value is -5.64. The van der Waals surface area contributed by atoms with Crippen LogP contribution in [-0.2, 0) is 17.7 Å². The molecule has 0 fully saturated rings. The van der Waals surface area contributed by atoms with E-state index in [1.54, 1.807) is 42.5 Å². The van der Waals surface area contributed by atoms with Crippen molar-refractivity contribution in [2.24, 2.45) is 0 Å². The lowest BCUT2D eigenvalue weighted by atomic mass is 10.1. The second kappa shape index (κ2) is 10.6. The van der Waals surface area contributed by atoms with E-state index < -0.39 is 17.7 Å². The van der Waals surface area contributed by atoms with Crippen molar-refractivity contribution in [3.05, 3.63) is 94.8 Å². The van der Waals surface area contributed by atoms with Gasteiger partial charge in [0.1, 0.15) is 22.8 Å². The average Bonchev–Trinajstić information content (AvgIpc) is 3.30. The van der Waals surface area contributed by atoms with Crippen LogP contribution in [0.5, 0.6) is 0 Å². The molecule has 0 bridgehead atoms. The molecule has 2 aromatic carbocycles. The Morgan fingerprint density at radius 3 is 2.45 bits per heavy atom. The predicted molar refractivity (Wildman–Crippen MR) is 142 cm³/mol. The molecule has 0 spiro atoms. The highest BCUT2D eigenvalue weighted by Crippen LogP contribution is 2.32. The van der Waals surface area contributed by atoms with Crippen LogP contribution in [0.25, 0.3) is 17.0 Å². The van der Waals surface area contributed by atoms with Crippen molar-refractivity contribution in [1.82, 2.24) is 24.7 Å². The van der Waals surface area contributed by atoms with Crippen molar-refractivity contribution in [2.45, 2.75) is 13.0 Å². The summed E-state index contributed by atoms with van der Waals surface area (Å²) in [5.41, 5.74) is 14.9. The minimum absolute atomic E-state index is 0.00712. The second-order valence-electron chi connectivity index (χ2n) is 8.66. The fourth-order valence-electron chi connectivity index (χ4n) is 4.19. The van der Waals surface area contributed by atoms with Gasteiger partial charge >= 0.3 is 6.09 Å². The summed E-state index contributed by atoms with van der Waals surface area (Å²) in [5, 5.41) is 13.5. The van der Waals surface area contributed by atoms with Crippen molar-refractivity contribution >= 4 is 34.4 Å². The first-order chi connectivity index (χ1) is 19.3. The van der Waals surface area contributed by atoms with E-state index in [0.29, 0.717) is 27.9 Å². The van der Waals surface area contributed by atoms with Crippen molar-refractivity contribution in [1.29, 1.82) is 5.26 Å². The maximum absolute atomic E-state index is 14.4. The highest BCUT2D eigenvalue weighted by atomic mass is 19.1. The Labute approximate surface area is 226 Å². The molecule has 0 aliphatic heterocycles. The van der Waals surface area contributed by atoms with Gasteiger partial charge in [0.05, 0.1) is 42.7 Å². The quantitative estimate of drug-likeness (QED) is 0.325. The molecule has 4 N–H and O–H groups in total. The summed E-state index contributed by atoms with van der Waals surface area (Å²) in [5.74, 6) is -1.52. The highest BCUT2D eigenvalue weighted by Gasteiger charge is 2.26. The van der Waals surface area contributed by atoms with Gasteiger partial charge in [0.25, 0.3) is 5.95 Å². The molecule has 0 atom stereocenters. The minimum atomic E-state index is -0.776. The zero-order valence-electron chi connectivity index (χ0n) is 21.0. The molecule has 0 radical (unpaired) electrons. The number of nitrogens with two attached hydrogens (primary N) is 2. The third kappa shape index (κ3) is 4.93. The van der Waals surface area contributed by atoms with Gasteiger partial charge in [-0.05, 0) is 29.3 Å². The van der Waals surface area contributed by atoms with Gasteiger partial charge in [0, 0.05) is 12.5 Å². The van der Waals surface area contributed by atoms with E-state index in [1.165, 1.54) is 23.9 Å². The molecular formula is C27H21F2N9O2. The lowest BCUT2D eigenvalue weighted by Gasteiger charge is -2.23. The van der Waals surface area contributed by atoms with Gasteiger partial charge in [-0.1, -0.05) is 30.3 Å². The molecule has 1 amide bonds. The Morgan fingerprint density at radius 2 is 1.80 bits per heavy atom. The number of rotatable bonds is 6. The lowest BCUT2D eigenvalue weighted by Crippen LogP contribution is -2.32. The van der Waals surface area contributed by atoms with Crippen LogP contribution in [0.1, 0.15) is 22.4 Å². The van der Waals surface area contributed by atoms with Crippen molar-refractivity contribution in [2.75, 3.05) is 23.5 Å². The number of ether oxygens (including phenoxy) is 1. The minimum Gasteiger partial charge on any atom is -0.452 e. The molecule has 200 valence electrons. The van der Waals surface area contributed by atoms with Crippen molar-refractivity contribution in [3.63, 3.8) is 0 Å². The van der Waals surface area contributed by atoms with Crippen LogP contribution in [0.15, 0.2) is 60.8 Å². The fourth-order valence-corrected chi connectivity index (χ4v) is 4.19. The van der Waals surface area contributed by atoms with E-state index in [-0.39, 0.29) is 41.8 Å². The SMILES string of the molecule is COC(=O)N(Cc1ccc(C#N)cc1)c1c(N)nc(-n2nc(Cc3ccccc3F)c3ncc(F)cc32)nc1N. The number of fused-ring (bicyclic) bond motifs is 1. The monoisotopic (exact) mass is 541 g/mol. The molecule has 0 saturated heterocycles. The van der Waals surface area contributed by atoms with Crippen LogP contribution >= 0.6 is 0 Å². The average molecular weight is 542 g/mol. The van der Waals surface area contributed by atoms with Gasteiger partial charge in [0.15, 0.2) is 11.6 Å². The summed E-state index contributed by atoms with van der Waals surface area (Å²) in [6.07, 6.45) is 0.323. The number of hydrogen-bond acceptors (Lipinski definition) is 9. The Morgan fingerprint density at radius 1 is 1.10 bits per heavy atom. The standard InChI is InChI=1S/C27H21F2N9O2/c1-40-27(39)37(14-16-8-6-15(12-30)7-9-16)23-24(31)34-26(35-25(23)32)38-21-11-18(28)13-33-22(21)20(36-38)10-17-4-2-3-5-19(17)29/h2-9,11,13H,10,14H2,1H3,(H4,31,32,34,35). The number of halogens is 2. The van der Waals surface area contributed by atoms with Gasteiger partial charge in [-0.3, -0.25) is 4.90 Å². The summed E-state index contributed by atoms with van der Waals surface area (Å²) in [6, 6.07) is 16.0. The molecule has 3 heterocycles. The number of nitriles is 1. The molecule has 40 heavy (non-hydrogen) atoms. The molecule has 0 saturated carbocycles. The smallest absolute Gasteiger partial charge is 0.414 e. The van der Waals surface area contributed by atoms with Crippen LogP contribution in [0, 0.1) is 23.0 Å². The molecule has 3 aromatic heterocycles. The van der Waals surface area contributed by atoms with E-state index in [2.05, 4.69) is 20.1 Å². The normalized spacial score (nSPS) is 10.8. The summed E-state index contributed by atoms with van der Waals surface area (Å²) in [4.78, 5) is 26.6. The summed E-state index contributed by atoms with van der Waals surface area (Å²) < 4.78 is 34.7. The number of carbonyl (C=O) groups is 1. The number of nitrogen functional groups attached to an aromatic ring is 2. The number of nitrogens with zero attached hydrogens (tertiary/aromatic N) is 7. The second-order valence-corrected chi connectivity index (χ2v) is 8.66. The first-order valence-corrected chi connectivity index (χ1v) is 11.8. The number of aromatic nitrogens is 5. The molecule has 0 unspecified atom stereocenters. The van der Waals surface area contributed by atoms with Crippen LogP contribution in [-0.4, -0.2) is 37.9 Å². The number of anilines is 3. The van der Waals surface area contributed by atoms with E-state index in [4.69, 9.17) is 21.5 Å². The first kappa shape index (κ1) is 26.0. The van der Waals surface area contributed by atoms with Crippen LogP contribution in [0.2, 0.25) is 0 Å². The molecule has 11 nitrogen and oxygen atoms in total. The summed E-state index contributed by atoms with van der Waals surface area (Å²) in [6.45, 7) is -0.0118. The van der Waals surface area contributed by atoms with Gasteiger partial charge in [0.2, 0.25) is 0 Å². The third-order valence-electron chi connectivity index (χ3n) is 6.08. The molecule has 5 rings (SSSR count). The lowest BCUT2D eigenvalue weighted by molar-refractivity contribution is 0.178. The molecule has 0 aliphatic rings. The van der Waals surface area contributed by atoms with Gasteiger partial charge in [-0.15, -0.1) is 0 Å². The number of carbonyl (C=O) groups excluding carboxylic acids is 1. The molecule has 13 heteroatoms. The Balaban J connectivity index is 1.58. The fraction of sp³-hybridized carbons (Fsp3) is 0.111. The number of amides is 1. The number of benzene rings is 2. The summed E-state index contributed by atoms with van der Waals surface area (Å²) >= 11 is 0. The number of hydrogen-bond donors (Lipinski definition) is 2. The van der Waals surface area contributed by atoms with Crippen molar-refractivity contribution < 1.29 is 18.3 Å². The number of methoxy groups -OCH3 is 1. The van der Waals surface area contributed by atoms with E-state index >= 15 is 0 Å². The molecule has 0 aliphatic carbocycles. The van der Waals surface area contributed by atoms with E-state index in [0.717, 1.165) is 11.1 Å². The molecule has 5 aromatic rings. The predicted octanol–water partition coefficient (Wildman–Crippen LogP) is 3.89. The van der Waals surface area contributed by atoms with Gasteiger partial charge in [-0.25, -0.2) is 18.6 Å². The van der Waals surface area contributed by atoms with Gasteiger partial charge in [-0.2, -0.15) is 25.0 Å². The van der Waals surface area contributed by atoms with Crippen LogP contribution in [0.4, 0.5) is 30.9 Å². The maximum atomic E-state index is 14.4. The Bertz CT molecular complexity index is 1760. The Kier molecular flexibility index (Phi) is 6.90. The van der Waals surface area contributed by atoms with Crippen LogP contribution < -0.4 is 16.4 Å². The van der Waals surface area contributed by atoms with Crippen molar-refractivity contribution in [3.8, 4) is 12.0 Å². The zero-order valence-corrected chi connectivity index (χ0v) is 21.0. The highest BCUT2D eigenvalue weighted by molar-refractivity contribution is 5.95. The number of pyridine rings is 1. The summed E-state index contributed by atoms with van der Waals surface area (Å²) in [7, 11) is 1.20. The largest absolute Gasteiger partial charge is 0.452 e. The van der Waals surface area contributed by atoms with Gasteiger partial charge < -0.3 is 16.2 Å². The van der Waals surface area contributed by atoms with Crippen LogP contribution in [0.3, 0.4) is 0 Å². The van der Waals surface area contributed by atoms with E-state index in [1.807, 2.05) is 6.07 Å².